The van der Waals surface area contributed by atoms with E-state index in [1.165, 1.54) is 11.8 Å². The van der Waals surface area contributed by atoms with E-state index in [9.17, 15) is 9.59 Å². The van der Waals surface area contributed by atoms with Crippen molar-refractivity contribution in [1.29, 1.82) is 0 Å². The van der Waals surface area contributed by atoms with E-state index in [0.717, 1.165) is 36.8 Å². The Balaban J connectivity index is 1.51. The quantitative estimate of drug-likeness (QED) is 0.812. The zero-order valence-electron chi connectivity index (χ0n) is 14.8. The number of carbonyl (C=O) groups is 2. The van der Waals surface area contributed by atoms with Gasteiger partial charge in [0.2, 0.25) is 0 Å². The second-order valence-electron chi connectivity index (χ2n) is 6.53. The van der Waals surface area contributed by atoms with Crippen LogP contribution in [0.2, 0.25) is 0 Å². The molecule has 0 radical (unpaired) electrons. The number of H-pyrrole nitrogens is 1. The molecule has 0 bridgehead atoms. The normalized spacial score (nSPS) is 22.0. The number of esters is 1. The number of nitrogens with one attached hydrogen (secondary N) is 1. The molecule has 140 valence electrons. The van der Waals surface area contributed by atoms with Crippen LogP contribution in [0.15, 0.2) is 17.2 Å². The zero-order valence-corrected chi connectivity index (χ0v) is 15.6. The van der Waals surface area contributed by atoms with Crippen molar-refractivity contribution in [3.8, 4) is 5.75 Å². The summed E-state index contributed by atoms with van der Waals surface area (Å²) in [7, 11) is 0. The zero-order chi connectivity index (χ0) is 18.1. The van der Waals surface area contributed by atoms with E-state index in [1.54, 1.807) is 6.07 Å². The fourth-order valence-electron chi connectivity index (χ4n) is 3.52. The minimum Gasteiger partial charge on any atom is -0.488 e. The van der Waals surface area contributed by atoms with Gasteiger partial charge in [-0.1, -0.05) is 17.8 Å². The number of aromatic nitrogens is 1. The highest BCUT2D eigenvalue weighted by atomic mass is 32.2. The monoisotopic (exact) mass is 377 g/mol. The first-order valence-electron chi connectivity index (χ1n) is 9.13. The maximum Gasteiger partial charge on any atom is 0.319 e. The Labute approximate surface area is 156 Å². The number of nitrogens with zero attached hydrogens (tertiary/aromatic N) is 2. The van der Waals surface area contributed by atoms with Gasteiger partial charge in [0.1, 0.15) is 17.6 Å². The Bertz CT molecular complexity index is 739. The second kappa shape index (κ2) is 7.26. The standard InChI is InChI=1S/C18H23N3O4S/c1-2-24-18(23)14-5-6-15(26-14)21-9-10-25-13-11-12(19-16(13)21)17(22)20-7-3-4-8-20/h6,11,14,19H,2-5,7-10H2,1H3. The number of anilines is 1. The first kappa shape index (κ1) is 17.3. The van der Waals surface area contributed by atoms with Crippen LogP contribution in [0.3, 0.4) is 0 Å². The fourth-order valence-corrected chi connectivity index (χ4v) is 4.67. The smallest absolute Gasteiger partial charge is 0.319 e. The molecule has 4 heterocycles. The van der Waals surface area contributed by atoms with Gasteiger partial charge in [-0.05, 0) is 26.2 Å². The number of carbonyl (C=O) groups excluding carboxylic acids is 2. The van der Waals surface area contributed by atoms with E-state index in [-0.39, 0.29) is 17.1 Å². The third-order valence-electron chi connectivity index (χ3n) is 4.81. The molecule has 1 saturated heterocycles. The van der Waals surface area contributed by atoms with Crippen LogP contribution >= 0.6 is 11.8 Å². The summed E-state index contributed by atoms with van der Waals surface area (Å²) < 4.78 is 10.9. The summed E-state index contributed by atoms with van der Waals surface area (Å²) >= 11 is 1.51. The molecule has 0 saturated carbocycles. The topological polar surface area (TPSA) is 74.9 Å². The summed E-state index contributed by atoms with van der Waals surface area (Å²) in [5, 5.41) is 0.812. The third kappa shape index (κ3) is 3.18. The maximum absolute atomic E-state index is 12.6. The van der Waals surface area contributed by atoms with Crippen molar-refractivity contribution in [1.82, 2.24) is 9.88 Å². The van der Waals surface area contributed by atoms with Gasteiger partial charge in [0, 0.05) is 19.2 Å². The van der Waals surface area contributed by atoms with Crippen LogP contribution in [-0.4, -0.2) is 59.9 Å². The summed E-state index contributed by atoms with van der Waals surface area (Å²) in [4.78, 5) is 31.9. The summed E-state index contributed by atoms with van der Waals surface area (Å²) in [5.41, 5.74) is 0.564. The lowest BCUT2D eigenvalue weighted by Crippen LogP contribution is -2.31. The molecule has 1 aromatic rings. The van der Waals surface area contributed by atoms with Crippen LogP contribution in [0, 0.1) is 0 Å². The molecule has 4 rings (SSSR count). The molecule has 26 heavy (non-hydrogen) atoms. The number of ether oxygens (including phenoxy) is 2. The predicted octanol–water partition coefficient (Wildman–Crippen LogP) is 2.36. The Morgan fingerprint density at radius 1 is 1.35 bits per heavy atom. The van der Waals surface area contributed by atoms with E-state index >= 15 is 0 Å². The lowest BCUT2D eigenvalue weighted by Gasteiger charge is -2.29. The number of hydrogen-bond acceptors (Lipinski definition) is 6. The van der Waals surface area contributed by atoms with E-state index in [4.69, 9.17) is 9.47 Å². The van der Waals surface area contributed by atoms with E-state index in [0.29, 0.717) is 37.6 Å². The van der Waals surface area contributed by atoms with Gasteiger partial charge >= 0.3 is 5.97 Å². The number of thioether (sulfide) groups is 1. The van der Waals surface area contributed by atoms with Crippen LogP contribution in [0.25, 0.3) is 0 Å². The van der Waals surface area contributed by atoms with Crippen LogP contribution in [0.5, 0.6) is 5.75 Å². The molecule has 0 aromatic carbocycles. The molecule has 1 atom stereocenters. The number of amides is 1. The molecule has 1 amide bonds. The maximum atomic E-state index is 12.6. The molecule has 3 aliphatic rings. The van der Waals surface area contributed by atoms with Crippen LogP contribution in [0.1, 0.15) is 36.7 Å². The largest absolute Gasteiger partial charge is 0.488 e. The minimum atomic E-state index is -0.197. The van der Waals surface area contributed by atoms with Gasteiger partial charge in [0.15, 0.2) is 11.6 Å². The van der Waals surface area contributed by atoms with Crippen molar-refractivity contribution >= 4 is 29.5 Å². The number of fused-ring (bicyclic) bond motifs is 1. The van der Waals surface area contributed by atoms with Gasteiger partial charge in [-0.2, -0.15) is 0 Å². The molecule has 7 nitrogen and oxygen atoms in total. The van der Waals surface area contributed by atoms with Crippen molar-refractivity contribution in [3.05, 3.63) is 22.9 Å². The Morgan fingerprint density at radius 2 is 2.15 bits per heavy atom. The van der Waals surface area contributed by atoms with Crippen molar-refractivity contribution in [2.45, 2.75) is 31.4 Å². The molecule has 1 aromatic heterocycles. The average molecular weight is 377 g/mol. The molecule has 0 spiro atoms. The first-order valence-corrected chi connectivity index (χ1v) is 10.0. The van der Waals surface area contributed by atoms with Crippen LogP contribution in [-0.2, 0) is 9.53 Å². The number of aromatic amines is 1. The number of allylic oxidation sites excluding steroid dienone is 1. The van der Waals surface area contributed by atoms with Gasteiger partial charge in [0.25, 0.3) is 5.91 Å². The van der Waals surface area contributed by atoms with Gasteiger partial charge in [-0.15, -0.1) is 0 Å². The van der Waals surface area contributed by atoms with Crippen LogP contribution in [0.4, 0.5) is 5.82 Å². The summed E-state index contributed by atoms with van der Waals surface area (Å²) in [5.74, 6) is 1.34. The average Bonchev–Trinajstić information content (AvgIpc) is 3.40. The van der Waals surface area contributed by atoms with E-state index in [1.807, 2.05) is 11.8 Å². The fraction of sp³-hybridized carbons (Fsp3) is 0.556. The lowest BCUT2D eigenvalue weighted by atomic mass is 10.3. The lowest BCUT2D eigenvalue weighted by molar-refractivity contribution is -0.142. The van der Waals surface area contributed by atoms with Gasteiger partial charge in [-0.25, -0.2) is 0 Å². The summed E-state index contributed by atoms with van der Waals surface area (Å²) in [6.45, 7) is 5.07. The summed E-state index contributed by atoms with van der Waals surface area (Å²) in [6.07, 6.45) is 4.84. The second-order valence-corrected chi connectivity index (χ2v) is 7.75. The highest BCUT2D eigenvalue weighted by molar-refractivity contribution is 8.04. The number of likely N-dealkylation sites (tertiary alicyclic amines) is 1. The molecule has 0 aliphatic carbocycles. The molecule has 3 aliphatic heterocycles. The van der Waals surface area contributed by atoms with Crippen molar-refractivity contribution in [3.63, 3.8) is 0 Å². The Hall–Kier alpha value is -2.09. The van der Waals surface area contributed by atoms with Gasteiger partial charge in [0.05, 0.1) is 18.2 Å². The van der Waals surface area contributed by atoms with Crippen molar-refractivity contribution < 1.29 is 19.1 Å². The van der Waals surface area contributed by atoms with Gasteiger partial charge < -0.3 is 24.3 Å². The number of hydrogen-bond donors (Lipinski definition) is 1. The van der Waals surface area contributed by atoms with E-state index in [2.05, 4.69) is 16.0 Å². The molecular formula is C18H23N3O4S. The van der Waals surface area contributed by atoms with Crippen molar-refractivity contribution in [2.75, 3.05) is 37.7 Å². The molecule has 1 N–H and O–H groups in total. The first-order chi connectivity index (χ1) is 12.7. The highest BCUT2D eigenvalue weighted by Gasteiger charge is 2.33. The molecule has 8 heteroatoms. The SMILES string of the molecule is CCOC(=O)C1CC=C(N2CCOc3cc(C(=O)N4CCCC4)[nH]c32)S1. The predicted molar refractivity (Wildman–Crippen MR) is 99.5 cm³/mol. The molecular weight excluding hydrogens is 354 g/mol. The van der Waals surface area contributed by atoms with Crippen LogP contribution < -0.4 is 9.64 Å². The minimum absolute atomic E-state index is 0.0258. The Morgan fingerprint density at radius 3 is 2.92 bits per heavy atom. The molecule has 1 fully saturated rings. The van der Waals surface area contributed by atoms with E-state index < -0.39 is 0 Å². The van der Waals surface area contributed by atoms with Crippen molar-refractivity contribution in [2.24, 2.45) is 0 Å². The summed E-state index contributed by atoms with van der Waals surface area (Å²) in [6, 6.07) is 1.80. The molecule has 1 unspecified atom stereocenters. The Kier molecular flexibility index (Phi) is 4.84. The highest BCUT2D eigenvalue weighted by Crippen LogP contribution is 2.42. The van der Waals surface area contributed by atoms with Gasteiger partial charge in [-0.3, -0.25) is 9.59 Å². The third-order valence-corrected chi connectivity index (χ3v) is 6.11. The number of rotatable bonds is 4.